The molecule has 0 radical (unpaired) electrons. The number of rotatable bonds is 3. The van der Waals surface area contributed by atoms with Crippen LogP contribution in [0.3, 0.4) is 0 Å². The van der Waals surface area contributed by atoms with Crippen LogP contribution in [0.2, 0.25) is 0 Å². The maximum absolute atomic E-state index is 2.41. The molecule has 0 fully saturated rings. The predicted octanol–water partition coefficient (Wildman–Crippen LogP) is 12.8. The van der Waals surface area contributed by atoms with Crippen molar-refractivity contribution in [2.45, 2.75) is 26.2 Å². The SMILES string of the molecule is Cc1ccc2c(-c3ccc(-c4ccccc4)c4ccccc34)c3ccccc3c(-c3cccc4c3-c3ccccc3C4(C)C)c2c1. The Kier molecular flexibility index (Phi) is 5.86. The van der Waals surface area contributed by atoms with Crippen LogP contribution in [0.5, 0.6) is 0 Å². The Morgan fingerprint density at radius 2 is 0.891 bits per heavy atom. The lowest BCUT2D eigenvalue weighted by atomic mass is 9.80. The largest absolute Gasteiger partial charge is 0.0622 e. The number of benzene rings is 8. The van der Waals surface area contributed by atoms with Crippen LogP contribution in [0, 0.1) is 6.92 Å². The van der Waals surface area contributed by atoms with Gasteiger partial charge in [0.25, 0.3) is 0 Å². The fraction of sp³-hybridized carbons (Fsp3) is 0.0870. The lowest BCUT2D eigenvalue weighted by Gasteiger charge is -2.23. The van der Waals surface area contributed by atoms with E-state index < -0.39 is 0 Å². The van der Waals surface area contributed by atoms with E-state index in [2.05, 4.69) is 172 Å². The van der Waals surface area contributed by atoms with Crippen LogP contribution in [0.25, 0.3) is 76.8 Å². The molecule has 0 amide bonds. The summed E-state index contributed by atoms with van der Waals surface area (Å²) in [5, 5.41) is 7.73. The first-order valence-corrected chi connectivity index (χ1v) is 16.3. The normalized spacial score (nSPS) is 13.3. The molecule has 0 aromatic heterocycles. The summed E-state index contributed by atoms with van der Waals surface area (Å²) >= 11 is 0. The van der Waals surface area contributed by atoms with Crippen molar-refractivity contribution >= 4 is 32.3 Å². The van der Waals surface area contributed by atoms with Crippen molar-refractivity contribution in [3.63, 3.8) is 0 Å². The molecule has 46 heavy (non-hydrogen) atoms. The highest BCUT2D eigenvalue weighted by molar-refractivity contribution is 6.25. The van der Waals surface area contributed by atoms with Crippen LogP contribution in [-0.4, -0.2) is 0 Å². The Balaban J connectivity index is 1.41. The van der Waals surface area contributed by atoms with Gasteiger partial charge in [0.1, 0.15) is 0 Å². The molecule has 0 unspecified atom stereocenters. The van der Waals surface area contributed by atoms with Crippen molar-refractivity contribution in [2.75, 3.05) is 0 Å². The Labute approximate surface area is 270 Å². The van der Waals surface area contributed by atoms with E-state index in [0.717, 1.165) is 0 Å². The summed E-state index contributed by atoms with van der Waals surface area (Å²) in [5.41, 5.74) is 14.5. The fourth-order valence-corrected chi connectivity index (χ4v) is 8.22. The fourth-order valence-electron chi connectivity index (χ4n) is 8.22. The number of hydrogen-bond acceptors (Lipinski definition) is 0. The van der Waals surface area contributed by atoms with Crippen molar-refractivity contribution in [3.05, 3.63) is 168 Å². The molecule has 0 nitrogen and oxygen atoms in total. The number of fused-ring (bicyclic) bond motifs is 6. The van der Waals surface area contributed by atoms with Crippen LogP contribution in [-0.2, 0) is 5.41 Å². The van der Waals surface area contributed by atoms with Crippen LogP contribution in [0.4, 0.5) is 0 Å². The maximum Gasteiger partial charge on any atom is 0.0159 e. The molecule has 0 aliphatic heterocycles. The van der Waals surface area contributed by atoms with Crippen molar-refractivity contribution in [3.8, 4) is 44.5 Å². The lowest BCUT2D eigenvalue weighted by molar-refractivity contribution is 0.660. The average molecular weight is 587 g/mol. The van der Waals surface area contributed by atoms with E-state index in [1.54, 1.807) is 0 Å². The first-order chi connectivity index (χ1) is 22.5. The molecule has 0 spiro atoms. The molecular formula is C46H34. The van der Waals surface area contributed by atoms with E-state index in [0.29, 0.717) is 0 Å². The highest BCUT2D eigenvalue weighted by Crippen LogP contribution is 2.54. The predicted molar refractivity (Wildman–Crippen MR) is 198 cm³/mol. The van der Waals surface area contributed by atoms with Gasteiger partial charge in [-0.05, 0) is 94.9 Å². The minimum absolute atomic E-state index is 0.0528. The molecule has 0 N–H and O–H groups in total. The molecule has 0 heteroatoms. The Morgan fingerprint density at radius 1 is 0.348 bits per heavy atom. The van der Waals surface area contributed by atoms with Crippen LogP contribution < -0.4 is 0 Å². The van der Waals surface area contributed by atoms with Gasteiger partial charge in [-0.15, -0.1) is 0 Å². The van der Waals surface area contributed by atoms with E-state index in [4.69, 9.17) is 0 Å². The topological polar surface area (TPSA) is 0 Å². The van der Waals surface area contributed by atoms with Crippen LogP contribution >= 0.6 is 0 Å². The first-order valence-electron chi connectivity index (χ1n) is 16.3. The minimum Gasteiger partial charge on any atom is -0.0622 e. The third-order valence-corrected chi connectivity index (χ3v) is 10.3. The molecule has 0 bridgehead atoms. The van der Waals surface area contributed by atoms with Crippen molar-refractivity contribution in [1.82, 2.24) is 0 Å². The van der Waals surface area contributed by atoms with Gasteiger partial charge in [0.2, 0.25) is 0 Å². The monoisotopic (exact) mass is 586 g/mol. The van der Waals surface area contributed by atoms with E-state index in [1.165, 1.54) is 93.5 Å². The molecule has 0 heterocycles. The molecule has 9 rings (SSSR count). The van der Waals surface area contributed by atoms with Gasteiger partial charge in [0.05, 0.1) is 0 Å². The summed E-state index contributed by atoms with van der Waals surface area (Å²) in [6.07, 6.45) is 0. The smallest absolute Gasteiger partial charge is 0.0159 e. The van der Waals surface area contributed by atoms with Gasteiger partial charge in [0.15, 0.2) is 0 Å². The van der Waals surface area contributed by atoms with Gasteiger partial charge >= 0.3 is 0 Å². The van der Waals surface area contributed by atoms with E-state index in [9.17, 15) is 0 Å². The Hall–Kier alpha value is -5.46. The van der Waals surface area contributed by atoms with Crippen molar-refractivity contribution < 1.29 is 0 Å². The molecule has 1 aliphatic rings. The van der Waals surface area contributed by atoms with Crippen LogP contribution in [0.1, 0.15) is 30.5 Å². The summed E-state index contributed by atoms with van der Waals surface area (Å²) in [5.74, 6) is 0. The molecule has 218 valence electrons. The minimum atomic E-state index is -0.0528. The standard InChI is InChI=1S/C46H34/c1-29-24-25-37-40(28-29)44(39-21-13-23-42-45(39)38-20-11-12-22-41(38)46(42,2)3)35-19-10-9-18-34(35)43(37)36-27-26-31(30-14-5-4-6-15-30)32-16-7-8-17-33(32)36/h4-28H,1-3H3. The second kappa shape index (κ2) is 10.0. The maximum atomic E-state index is 2.41. The summed E-state index contributed by atoms with van der Waals surface area (Å²) in [6, 6.07) is 56.4. The molecule has 1 aliphatic carbocycles. The summed E-state index contributed by atoms with van der Waals surface area (Å²) in [4.78, 5) is 0. The van der Waals surface area contributed by atoms with Crippen molar-refractivity contribution in [2.24, 2.45) is 0 Å². The third-order valence-electron chi connectivity index (χ3n) is 10.3. The van der Waals surface area contributed by atoms with Gasteiger partial charge in [-0.2, -0.15) is 0 Å². The van der Waals surface area contributed by atoms with Crippen LogP contribution in [0.15, 0.2) is 152 Å². The molecule has 8 aromatic rings. The van der Waals surface area contributed by atoms with E-state index in [1.807, 2.05) is 0 Å². The molecule has 8 aromatic carbocycles. The number of aryl methyl sites for hydroxylation is 1. The Morgan fingerprint density at radius 3 is 1.65 bits per heavy atom. The van der Waals surface area contributed by atoms with E-state index >= 15 is 0 Å². The van der Waals surface area contributed by atoms with Crippen molar-refractivity contribution in [1.29, 1.82) is 0 Å². The zero-order valence-corrected chi connectivity index (χ0v) is 26.4. The molecule has 0 saturated heterocycles. The van der Waals surface area contributed by atoms with Gasteiger partial charge < -0.3 is 0 Å². The third kappa shape index (κ3) is 3.80. The highest BCUT2D eigenvalue weighted by Gasteiger charge is 2.37. The van der Waals surface area contributed by atoms with Gasteiger partial charge in [-0.3, -0.25) is 0 Å². The molecule has 0 saturated carbocycles. The second-order valence-electron chi connectivity index (χ2n) is 13.3. The molecule has 0 atom stereocenters. The molecular weight excluding hydrogens is 553 g/mol. The quantitative estimate of drug-likeness (QED) is 0.181. The van der Waals surface area contributed by atoms with Gasteiger partial charge in [-0.25, -0.2) is 0 Å². The summed E-state index contributed by atoms with van der Waals surface area (Å²) in [7, 11) is 0. The summed E-state index contributed by atoms with van der Waals surface area (Å²) in [6.45, 7) is 6.96. The van der Waals surface area contributed by atoms with Gasteiger partial charge in [-0.1, -0.05) is 171 Å². The summed E-state index contributed by atoms with van der Waals surface area (Å²) < 4.78 is 0. The number of hydrogen-bond donors (Lipinski definition) is 0. The first kappa shape index (κ1) is 26.9. The highest BCUT2D eigenvalue weighted by atomic mass is 14.4. The van der Waals surface area contributed by atoms with Gasteiger partial charge in [0, 0.05) is 5.41 Å². The van der Waals surface area contributed by atoms with E-state index in [-0.39, 0.29) is 5.41 Å². The average Bonchev–Trinajstić information content (AvgIpc) is 3.34. The zero-order chi connectivity index (χ0) is 31.0. The second-order valence-corrected chi connectivity index (χ2v) is 13.3. The Bertz CT molecular complexity index is 2490. The lowest BCUT2D eigenvalue weighted by Crippen LogP contribution is -2.14. The zero-order valence-electron chi connectivity index (χ0n) is 26.4.